The van der Waals surface area contributed by atoms with Gasteiger partial charge in [-0.2, -0.15) is 0 Å². The van der Waals surface area contributed by atoms with E-state index < -0.39 is 0 Å². The van der Waals surface area contributed by atoms with Gasteiger partial charge in [0, 0.05) is 38.5 Å². The minimum atomic E-state index is 0.0122. The topological polar surface area (TPSA) is 61.9 Å². The van der Waals surface area contributed by atoms with Crippen LogP contribution in [0.25, 0.3) is 0 Å². The van der Waals surface area contributed by atoms with Crippen LogP contribution in [0.1, 0.15) is 52.0 Å². The number of nitrogens with one attached hydrogen (secondary N) is 1. The number of hydrogen-bond acceptors (Lipinski definition) is 4. The van der Waals surface area contributed by atoms with Gasteiger partial charge < -0.3 is 19.9 Å². The molecule has 6 heteroatoms. The van der Waals surface area contributed by atoms with Gasteiger partial charge in [0.05, 0.1) is 7.11 Å². The third-order valence-corrected chi connectivity index (χ3v) is 5.81. The number of nitrogens with zero attached hydrogens (tertiary/aromatic N) is 2. The number of amides is 2. The number of likely N-dealkylation sites (tertiary alicyclic amines) is 1. The molecule has 0 aliphatic carbocycles. The van der Waals surface area contributed by atoms with Gasteiger partial charge in [-0.1, -0.05) is 19.1 Å². The molecule has 0 spiro atoms. The highest BCUT2D eigenvalue weighted by molar-refractivity contribution is 5.76. The summed E-state index contributed by atoms with van der Waals surface area (Å²) in [5.41, 5.74) is 1.30. The van der Waals surface area contributed by atoms with E-state index in [2.05, 4.69) is 36.2 Å². The number of likely N-dealkylation sites (N-methyl/N-ethyl adjacent to an activating group) is 1. The van der Waals surface area contributed by atoms with Crippen LogP contribution in [0.3, 0.4) is 0 Å². The molecule has 0 saturated carbocycles. The fraction of sp³-hybridized carbons (Fsp3) is 0.652. The number of methoxy groups -OCH3 is 1. The van der Waals surface area contributed by atoms with Gasteiger partial charge in [0.1, 0.15) is 5.75 Å². The zero-order valence-electron chi connectivity index (χ0n) is 18.4. The SMILES string of the molecule is CCN(CCCC(=O)N1CCC(NC(C)=O)CC1)C(C)Cc1ccc(OC)cc1. The molecule has 2 amide bonds. The van der Waals surface area contributed by atoms with Gasteiger partial charge in [-0.3, -0.25) is 9.59 Å². The van der Waals surface area contributed by atoms with Crippen molar-refractivity contribution in [3.05, 3.63) is 29.8 Å². The summed E-state index contributed by atoms with van der Waals surface area (Å²) in [6.45, 7) is 9.38. The highest BCUT2D eigenvalue weighted by atomic mass is 16.5. The zero-order chi connectivity index (χ0) is 21.2. The van der Waals surface area contributed by atoms with Crippen LogP contribution < -0.4 is 10.1 Å². The maximum atomic E-state index is 12.5. The average Bonchev–Trinajstić information content (AvgIpc) is 2.71. The minimum Gasteiger partial charge on any atom is -0.497 e. The molecule has 1 N–H and O–H groups in total. The highest BCUT2D eigenvalue weighted by Gasteiger charge is 2.23. The number of piperidine rings is 1. The predicted molar refractivity (Wildman–Crippen MR) is 116 cm³/mol. The second-order valence-electron chi connectivity index (χ2n) is 7.99. The molecular weight excluding hydrogens is 366 g/mol. The molecule has 29 heavy (non-hydrogen) atoms. The van der Waals surface area contributed by atoms with Gasteiger partial charge >= 0.3 is 0 Å². The van der Waals surface area contributed by atoms with E-state index in [1.807, 2.05) is 17.0 Å². The quantitative estimate of drug-likeness (QED) is 0.653. The summed E-state index contributed by atoms with van der Waals surface area (Å²) in [6, 6.07) is 8.90. The molecule has 1 aliphatic heterocycles. The first-order chi connectivity index (χ1) is 13.9. The summed E-state index contributed by atoms with van der Waals surface area (Å²) in [4.78, 5) is 28.1. The first kappa shape index (κ1) is 23.2. The summed E-state index contributed by atoms with van der Waals surface area (Å²) < 4.78 is 5.23. The fourth-order valence-electron chi connectivity index (χ4n) is 4.07. The lowest BCUT2D eigenvalue weighted by Crippen LogP contribution is -2.46. The van der Waals surface area contributed by atoms with Gasteiger partial charge in [-0.15, -0.1) is 0 Å². The molecule has 1 aliphatic rings. The number of rotatable bonds is 10. The predicted octanol–water partition coefficient (Wildman–Crippen LogP) is 2.86. The lowest BCUT2D eigenvalue weighted by molar-refractivity contribution is -0.132. The third-order valence-electron chi connectivity index (χ3n) is 5.81. The van der Waals surface area contributed by atoms with Crippen LogP contribution in [-0.4, -0.2) is 67.0 Å². The third kappa shape index (κ3) is 7.69. The average molecular weight is 404 g/mol. The summed E-state index contributed by atoms with van der Waals surface area (Å²) in [5, 5.41) is 2.96. The Bertz CT molecular complexity index is 639. The van der Waals surface area contributed by atoms with Crippen molar-refractivity contribution in [1.29, 1.82) is 0 Å². The van der Waals surface area contributed by atoms with Crippen LogP contribution in [0, 0.1) is 0 Å². The van der Waals surface area contributed by atoms with E-state index in [0.29, 0.717) is 12.5 Å². The summed E-state index contributed by atoms with van der Waals surface area (Å²) in [5.74, 6) is 1.14. The van der Waals surface area contributed by atoms with Crippen LogP contribution in [0.2, 0.25) is 0 Å². The van der Waals surface area contributed by atoms with Gasteiger partial charge in [0.2, 0.25) is 11.8 Å². The maximum Gasteiger partial charge on any atom is 0.222 e. The molecule has 0 bridgehead atoms. The Hall–Kier alpha value is -2.08. The van der Waals surface area contributed by atoms with E-state index in [1.54, 1.807) is 14.0 Å². The molecule has 1 unspecified atom stereocenters. The number of ether oxygens (including phenoxy) is 1. The van der Waals surface area contributed by atoms with Crippen molar-refractivity contribution in [3.63, 3.8) is 0 Å². The minimum absolute atomic E-state index is 0.0122. The van der Waals surface area contributed by atoms with E-state index in [4.69, 9.17) is 4.74 Å². The van der Waals surface area contributed by atoms with Gasteiger partial charge in [-0.25, -0.2) is 0 Å². The number of hydrogen-bond donors (Lipinski definition) is 1. The summed E-state index contributed by atoms with van der Waals surface area (Å²) >= 11 is 0. The Labute approximate surface area is 175 Å². The molecule has 1 fully saturated rings. The first-order valence-corrected chi connectivity index (χ1v) is 10.8. The molecule has 1 aromatic rings. The van der Waals surface area contributed by atoms with Gasteiger partial charge in [0.15, 0.2) is 0 Å². The van der Waals surface area contributed by atoms with Crippen molar-refractivity contribution >= 4 is 11.8 Å². The highest BCUT2D eigenvalue weighted by Crippen LogP contribution is 2.16. The Balaban J connectivity index is 1.71. The Morgan fingerprint density at radius 2 is 1.90 bits per heavy atom. The van der Waals surface area contributed by atoms with Gasteiger partial charge in [0.25, 0.3) is 0 Å². The Kier molecular flexibility index (Phi) is 9.45. The van der Waals surface area contributed by atoms with Crippen molar-refractivity contribution in [2.75, 3.05) is 33.3 Å². The van der Waals surface area contributed by atoms with Crippen LogP contribution in [0.15, 0.2) is 24.3 Å². The monoisotopic (exact) mass is 403 g/mol. The second kappa shape index (κ2) is 11.8. The van der Waals surface area contributed by atoms with E-state index >= 15 is 0 Å². The molecule has 1 heterocycles. The van der Waals surface area contributed by atoms with Crippen LogP contribution in [0.5, 0.6) is 5.75 Å². The van der Waals surface area contributed by atoms with Gasteiger partial charge in [-0.05, 0) is 63.4 Å². The van der Waals surface area contributed by atoms with E-state index in [-0.39, 0.29) is 17.9 Å². The lowest BCUT2D eigenvalue weighted by atomic mass is 10.0. The first-order valence-electron chi connectivity index (χ1n) is 10.8. The molecule has 0 aromatic heterocycles. The zero-order valence-corrected chi connectivity index (χ0v) is 18.4. The molecule has 1 atom stereocenters. The number of carbonyl (C=O) groups excluding carboxylic acids is 2. The molecule has 1 aromatic carbocycles. The van der Waals surface area contributed by atoms with Crippen LogP contribution in [-0.2, 0) is 16.0 Å². The Morgan fingerprint density at radius 1 is 1.24 bits per heavy atom. The maximum absolute atomic E-state index is 12.5. The van der Waals surface area contributed by atoms with Crippen molar-refractivity contribution in [2.24, 2.45) is 0 Å². The van der Waals surface area contributed by atoms with E-state index in [1.165, 1.54) is 5.56 Å². The summed E-state index contributed by atoms with van der Waals surface area (Å²) in [6.07, 6.45) is 4.17. The largest absolute Gasteiger partial charge is 0.497 e. The number of carbonyl (C=O) groups is 2. The van der Waals surface area contributed by atoms with E-state index in [0.717, 1.165) is 57.6 Å². The molecule has 2 rings (SSSR count). The summed E-state index contributed by atoms with van der Waals surface area (Å²) in [7, 11) is 1.68. The molecule has 0 radical (unpaired) electrons. The molecule has 162 valence electrons. The second-order valence-corrected chi connectivity index (χ2v) is 7.99. The molecule has 6 nitrogen and oxygen atoms in total. The number of benzene rings is 1. The normalized spacial score (nSPS) is 16.0. The standard InChI is InChI=1S/C23H37N3O3/c1-5-25(18(2)17-20-8-10-22(29-4)11-9-20)14-6-7-23(28)26-15-12-21(13-16-26)24-19(3)27/h8-11,18,21H,5-7,12-17H2,1-4H3,(H,24,27). The van der Waals surface area contributed by atoms with Crippen molar-refractivity contribution < 1.29 is 14.3 Å². The molecular formula is C23H37N3O3. The smallest absolute Gasteiger partial charge is 0.222 e. The van der Waals surface area contributed by atoms with Crippen molar-refractivity contribution in [1.82, 2.24) is 15.1 Å². The molecule has 1 saturated heterocycles. The van der Waals surface area contributed by atoms with Crippen molar-refractivity contribution in [3.8, 4) is 5.75 Å². The van der Waals surface area contributed by atoms with Crippen molar-refractivity contribution in [2.45, 2.75) is 65.0 Å². The Morgan fingerprint density at radius 3 is 2.45 bits per heavy atom. The van der Waals surface area contributed by atoms with E-state index in [9.17, 15) is 9.59 Å². The fourth-order valence-corrected chi connectivity index (χ4v) is 4.07. The van der Waals surface area contributed by atoms with Crippen LogP contribution in [0.4, 0.5) is 0 Å². The lowest BCUT2D eigenvalue weighted by Gasteiger charge is -2.33. The van der Waals surface area contributed by atoms with Crippen LogP contribution >= 0.6 is 0 Å².